The van der Waals surface area contributed by atoms with Gasteiger partial charge in [0.15, 0.2) is 0 Å². The van der Waals surface area contributed by atoms with Crippen LogP contribution in [0.5, 0.6) is 0 Å². The molecule has 0 spiro atoms. The Hall–Kier alpha value is -3.43. The van der Waals surface area contributed by atoms with Gasteiger partial charge in [0.05, 0.1) is 12.8 Å². The van der Waals surface area contributed by atoms with Gasteiger partial charge < -0.3 is 26.4 Å². The number of nitrogens with two attached hydrogens (primary N) is 1. The number of hydrogen-bond acceptors (Lipinski definition) is 6. The molecule has 1 saturated heterocycles. The number of amides is 4. The van der Waals surface area contributed by atoms with Crippen LogP contribution in [0.2, 0.25) is 0 Å². The first-order chi connectivity index (χ1) is 18.5. The number of primary amides is 1. The molecule has 1 aromatic carbocycles. The molecule has 0 aliphatic carbocycles. The zero-order valence-corrected chi connectivity index (χ0v) is 23.5. The average Bonchev–Trinajstić information content (AvgIpc) is 2.90. The molecule has 10 heteroatoms. The summed E-state index contributed by atoms with van der Waals surface area (Å²) in [5.41, 5.74) is 6.17. The number of ether oxygens (including phenoxy) is 1. The van der Waals surface area contributed by atoms with Gasteiger partial charge in [-0.25, -0.2) is 4.79 Å². The number of unbranched alkanes of at least 4 members (excludes halogenated alkanes) is 1. The van der Waals surface area contributed by atoms with Crippen LogP contribution < -0.4 is 21.7 Å². The van der Waals surface area contributed by atoms with Gasteiger partial charge in [0.25, 0.3) is 0 Å². The largest absolute Gasteiger partial charge is 0.460 e. The zero-order chi connectivity index (χ0) is 28.9. The van der Waals surface area contributed by atoms with E-state index in [4.69, 9.17) is 10.5 Å². The molecule has 216 valence electrons. The third-order valence-corrected chi connectivity index (χ3v) is 7.21. The number of esters is 1. The van der Waals surface area contributed by atoms with Gasteiger partial charge >= 0.3 is 5.97 Å². The predicted molar refractivity (Wildman–Crippen MR) is 147 cm³/mol. The first-order valence-corrected chi connectivity index (χ1v) is 14.0. The summed E-state index contributed by atoms with van der Waals surface area (Å²) < 4.78 is 5.88. The quantitative estimate of drug-likeness (QED) is 0.313. The molecule has 1 aliphatic heterocycles. The molecule has 0 radical (unpaired) electrons. The Balaban J connectivity index is 2.46. The van der Waals surface area contributed by atoms with Gasteiger partial charge in [0.2, 0.25) is 23.6 Å². The maximum absolute atomic E-state index is 13.4. The summed E-state index contributed by atoms with van der Waals surface area (Å²) in [5, 5.41) is 8.02. The highest BCUT2D eigenvalue weighted by molar-refractivity contribution is 5.96. The summed E-state index contributed by atoms with van der Waals surface area (Å²) in [4.78, 5) is 65.0. The van der Waals surface area contributed by atoms with E-state index in [9.17, 15) is 24.0 Å². The van der Waals surface area contributed by atoms with Crippen molar-refractivity contribution >= 4 is 29.6 Å². The Labute approximate surface area is 231 Å². The minimum atomic E-state index is -1.32. The van der Waals surface area contributed by atoms with Crippen molar-refractivity contribution in [2.75, 3.05) is 0 Å². The molecule has 1 fully saturated rings. The highest BCUT2D eigenvalue weighted by Gasteiger charge is 2.35. The third-order valence-electron chi connectivity index (χ3n) is 7.21. The van der Waals surface area contributed by atoms with E-state index in [0.29, 0.717) is 6.42 Å². The van der Waals surface area contributed by atoms with E-state index in [1.807, 2.05) is 51.1 Å². The normalized spacial score (nSPS) is 24.5. The lowest BCUT2D eigenvalue weighted by Gasteiger charge is -2.28. The molecule has 0 bridgehead atoms. The van der Waals surface area contributed by atoms with Crippen LogP contribution in [-0.4, -0.2) is 53.8 Å². The predicted octanol–water partition coefficient (Wildman–Crippen LogP) is 2.14. The van der Waals surface area contributed by atoms with Gasteiger partial charge in [-0.15, -0.1) is 0 Å². The number of carbonyl (C=O) groups is 5. The van der Waals surface area contributed by atoms with Crippen molar-refractivity contribution in [3.05, 3.63) is 35.9 Å². The van der Waals surface area contributed by atoms with Crippen molar-refractivity contribution in [2.24, 2.45) is 17.6 Å². The van der Waals surface area contributed by atoms with Gasteiger partial charge in [-0.3, -0.25) is 19.2 Å². The van der Waals surface area contributed by atoms with Crippen LogP contribution in [0.1, 0.15) is 78.2 Å². The summed E-state index contributed by atoms with van der Waals surface area (Å²) in [6.45, 7) is 7.91. The van der Waals surface area contributed by atoms with E-state index in [1.165, 1.54) is 0 Å². The Bertz CT molecular complexity index is 985. The van der Waals surface area contributed by atoms with Crippen LogP contribution >= 0.6 is 0 Å². The SMILES string of the molecule is CCCC[C@H](C)[C@@H]1CC(=O)N[C@@H](Cc2ccccc2)C(=O)N[C@@H](CC(N)=O)C(=O)N[C@H](C[C@@H](C)CC)C(=O)O1. The van der Waals surface area contributed by atoms with Crippen molar-refractivity contribution in [3.63, 3.8) is 0 Å². The smallest absolute Gasteiger partial charge is 0.328 e. The first kappa shape index (κ1) is 31.8. The van der Waals surface area contributed by atoms with Crippen molar-refractivity contribution in [2.45, 2.75) is 103 Å². The molecule has 0 saturated carbocycles. The minimum absolute atomic E-state index is 0.0808. The molecule has 0 aromatic heterocycles. The Kier molecular flexibility index (Phi) is 12.9. The summed E-state index contributed by atoms with van der Waals surface area (Å²) in [6.07, 6.45) is 2.51. The van der Waals surface area contributed by atoms with E-state index in [0.717, 1.165) is 31.2 Å². The van der Waals surface area contributed by atoms with Crippen molar-refractivity contribution in [1.82, 2.24) is 16.0 Å². The van der Waals surface area contributed by atoms with Crippen LogP contribution in [0, 0.1) is 11.8 Å². The monoisotopic (exact) mass is 544 g/mol. The molecular weight excluding hydrogens is 500 g/mol. The summed E-state index contributed by atoms with van der Waals surface area (Å²) in [6, 6.07) is 5.77. The number of cyclic esters (lactones) is 1. The molecule has 10 nitrogen and oxygen atoms in total. The van der Waals surface area contributed by atoms with E-state index in [1.54, 1.807) is 0 Å². The lowest BCUT2D eigenvalue weighted by Crippen LogP contribution is -2.57. The zero-order valence-electron chi connectivity index (χ0n) is 23.5. The Morgan fingerprint density at radius 3 is 2.23 bits per heavy atom. The maximum atomic E-state index is 13.4. The topological polar surface area (TPSA) is 157 Å². The van der Waals surface area contributed by atoms with Gasteiger partial charge in [-0.05, 0) is 30.2 Å². The van der Waals surface area contributed by atoms with E-state index < -0.39 is 60.2 Å². The second-order valence-corrected chi connectivity index (χ2v) is 10.7. The summed E-state index contributed by atoms with van der Waals surface area (Å²) >= 11 is 0. The van der Waals surface area contributed by atoms with Crippen molar-refractivity contribution in [1.29, 1.82) is 0 Å². The second kappa shape index (κ2) is 15.9. The standard InChI is InChI=1S/C29H44N4O6/c1-5-7-11-19(4)24-17-26(35)31-21(15-20-12-9-8-10-13-20)27(36)32-22(16-25(30)34)28(37)33-23(29(38)39-24)14-18(3)6-2/h8-10,12-13,18-19,21-24H,5-7,11,14-17H2,1-4H3,(H2,30,34)(H,31,35)(H,32,36)(H,33,37)/t18-,19-,21-,22-,23+,24-/m0/s1. The van der Waals surface area contributed by atoms with E-state index in [2.05, 4.69) is 22.9 Å². The molecule has 5 N–H and O–H groups in total. The van der Waals surface area contributed by atoms with E-state index in [-0.39, 0.29) is 24.7 Å². The molecule has 2 rings (SSSR count). The molecular formula is C29H44N4O6. The Morgan fingerprint density at radius 1 is 0.974 bits per heavy atom. The molecule has 39 heavy (non-hydrogen) atoms. The third kappa shape index (κ3) is 10.7. The summed E-state index contributed by atoms with van der Waals surface area (Å²) in [7, 11) is 0. The number of benzene rings is 1. The van der Waals surface area contributed by atoms with E-state index >= 15 is 0 Å². The fraction of sp³-hybridized carbons (Fsp3) is 0.621. The number of rotatable bonds is 11. The maximum Gasteiger partial charge on any atom is 0.328 e. The fourth-order valence-corrected chi connectivity index (χ4v) is 4.54. The number of nitrogens with one attached hydrogen (secondary N) is 3. The fourth-order valence-electron chi connectivity index (χ4n) is 4.54. The highest BCUT2D eigenvalue weighted by Crippen LogP contribution is 2.21. The number of hydrogen-bond donors (Lipinski definition) is 4. The van der Waals surface area contributed by atoms with Gasteiger partial charge in [0, 0.05) is 6.42 Å². The molecule has 6 atom stereocenters. The second-order valence-electron chi connectivity index (χ2n) is 10.7. The lowest BCUT2D eigenvalue weighted by molar-refractivity contribution is -0.157. The van der Waals surface area contributed by atoms with Crippen LogP contribution in [0.4, 0.5) is 0 Å². The molecule has 1 aromatic rings. The Morgan fingerprint density at radius 2 is 1.62 bits per heavy atom. The van der Waals surface area contributed by atoms with Crippen LogP contribution in [0.3, 0.4) is 0 Å². The first-order valence-electron chi connectivity index (χ1n) is 14.0. The molecule has 1 heterocycles. The van der Waals surface area contributed by atoms with Crippen LogP contribution in [0.25, 0.3) is 0 Å². The van der Waals surface area contributed by atoms with Crippen molar-refractivity contribution < 1.29 is 28.7 Å². The van der Waals surface area contributed by atoms with Gasteiger partial charge in [0.1, 0.15) is 24.2 Å². The van der Waals surface area contributed by atoms with Crippen LogP contribution in [0.15, 0.2) is 30.3 Å². The van der Waals surface area contributed by atoms with Crippen molar-refractivity contribution in [3.8, 4) is 0 Å². The lowest BCUT2D eigenvalue weighted by atomic mass is 9.94. The van der Waals surface area contributed by atoms with Crippen LogP contribution in [-0.2, 0) is 35.1 Å². The molecule has 0 unspecified atom stereocenters. The summed E-state index contributed by atoms with van der Waals surface area (Å²) in [5.74, 6) is -3.27. The average molecular weight is 545 g/mol. The minimum Gasteiger partial charge on any atom is -0.460 e. The van der Waals surface area contributed by atoms with Gasteiger partial charge in [-0.2, -0.15) is 0 Å². The highest BCUT2D eigenvalue weighted by atomic mass is 16.5. The number of carbonyl (C=O) groups excluding carboxylic acids is 5. The van der Waals surface area contributed by atoms with Gasteiger partial charge in [-0.1, -0.05) is 77.3 Å². The molecule has 4 amide bonds. The molecule has 1 aliphatic rings.